The number of rotatable bonds is 6. The van der Waals surface area contributed by atoms with Crippen molar-refractivity contribution in [1.82, 2.24) is 20.0 Å². The van der Waals surface area contributed by atoms with E-state index in [0.29, 0.717) is 29.8 Å². The maximum absolute atomic E-state index is 10.7. The molecular formula is C16H20N4O4. The van der Waals surface area contributed by atoms with Crippen LogP contribution in [0.3, 0.4) is 0 Å². The highest BCUT2D eigenvalue weighted by Crippen LogP contribution is 2.31. The lowest BCUT2D eigenvalue weighted by molar-refractivity contribution is -0.119. The van der Waals surface area contributed by atoms with Gasteiger partial charge < -0.3 is 18.8 Å². The topological polar surface area (TPSA) is 80.9 Å². The number of aromatic nitrogens is 2. The predicted molar refractivity (Wildman–Crippen MR) is 85.8 cm³/mol. The van der Waals surface area contributed by atoms with Crippen LogP contribution in [0.15, 0.2) is 22.6 Å². The quantitative estimate of drug-likeness (QED) is 0.731. The largest absolute Gasteiger partial charge is 0.493 e. The van der Waals surface area contributed by atoms with Crippen molar-refractivity contribution in [2.45, 2.75) is 6.54 Å². The minimum Gasteiger partial charge on any atom is -0.493 e. The molecule has 2 heterocycles. The van der Waals surface area contributed by atoms with E-state index in [4.69, 9.17) is 13.9 Å². The highest BCUT2D eigenvalue weighted by Gasteiger charge is 2.18. The first-order valence-corrected chi connectivity index (χ1v) is 7.70. The summed E-state index contributed by atoms with van der Waals surface area (Å²) in [7, 11) is 3.17. The molecule has 0 unspecified atom stereocenters. The summed E-state index contributed by atoms with van der Waals surface area (Å²) in [6.45, 7) is 3.62. The smallest absolute Gasteiger partial charge is 0.247 e. The Bertz CT molecular complexity index is 695. The molecule has 0 atom stereocenters. The summed E-state index contributed by atoms with van der Waals surface area (Å²) in [5, 5.41) is 8.22. The predicted octanol–water partition coefficient (Wildman–Crippen LogP) is 1.03. The standard InChI is InChI=1S/C16H20N4O4/c1-22-13-4-3-12(9-14(13)23-2)16-18-17-15(24-16)10-19-5-7-20(11-21)8-6-19/h3-4,9,11H,5-8,10H2,1-2H3. The van der Waals surface area contributed by atoms with Gasteiger partial charge in [-0.25, -0.2) is 0 Å². The van der Waals surface area contributed by atoms with E-state index in [-0.39, 0.29) is 0 Å². The zero-order valence-corrected chi connectivity index (χ0v) is 13.8. The second-order valence-corrected chi connectivity index (χ2v) is 5.49. The third kappa shape index (κ3) is 3.48. The number of piperazine rings is 1. The van der Waals surface area contributed by atoms with Crippen LogP contribution in [0.2, 0.25) is 0 Å². The highest BCUT2D eigenvalue weighted by atomic mass is 16.5. The molecule has 2 aromatic rings. The van der Waals surface area contributed by atoms with E-state index in [0.717, 1.165) is 38.2 Å². The van der Waals surface area contributed by atoms with Gasteiger partial charge in [-0.1, -0.05) is 0 Å². The number of methoxy groups -OCH3 is 2. The van der Waals surface area contributed by atoms with Crippen molar-refractivity contribution in [3.63, 3.8) is 0 Å². The molecule has 3 rings (SSSR count). The molecule has 1 amide bonds. The average Bonchev–Trinajstić information content (AvgIpc) is 3.10. The number of carbonyl (C=O) groups excluding carboxylic acids is 1. The number of hydrogen-bond donors (Lipinski definition) is 0. The van der Waals surface area contributed by atoms with Crippen molar-refractivity contribution >= 4 is 6.41 Å². The molecule has 0 bridgehead atoms. The van der Waals surface area contributed by atoms with Gasteiger partial charge in [-0.15, -0.1) is 10.2 Å². The Balaban J connectivity index is 1.68. The summed E-state index contributed by atoms with van der Waals surface area (Å²) in [4.78, 5) is 14.7. The van der Waals surface area contributed by atoms with Crippen LogP contribution in [0, 0.1) is 0 Å². The Morgan fingerprint density at radius 3 is 2.54 bits per heavy atom. The monoisotopic (exact) mass is 332 g/mol. The van der Waals surface area contributed by atoms with Gasteiger partial charge in [-0.05, 0) is 18.2 Å². The van der Waals surface area contributed by atoms with Gasteiger partial charge >= 0.3 is 0 Å². The van der Waals surface area contributed by atoms with Crippen molar-refractivity contribution in [3.05, 3.63) is 24.1 Å². The van der Waals surface area contributed by atoms with Gasteiger partial charge in [0, 0.05) is 31.7 Å². The lowest BCUT2D eigenvalue weighted by atomic mass is 10.2. The molecular weight excluding hydrogens is 312 g/mol. The summed E-state index contributed by atoms with van der Waals surface area (Å²) in [6.07, 6.45) is 0.888. The fourth-order valence-electron chi connectivity index (χ4n) is 2.62. The maximum atomic E-state index is 10.7. The summed E-state index contributed by atoms with van der Waals surface area (Å²) in [5.41, 5.74) is 0.775. The zero-order chi connectivity index (χ0) is 16.9. The van der Waals surface area contributed by atoms with Gasteiger partial charge in [0.15, 0.2) is 11.5 Å². The molecule has 1 saturated heterocycles. The van der Waals surface area contributed by atoms with E-state index in [1.165, 1.54) is 0 Å². The van der Waals surface area contributed by atoms with Gasteiger partial charge in [0.1, 0.15) is 0 Å². The average molecular weight is 332 g/mol. The van der Waals surface area contributed by atoms with Crippen LogP contribution in [0.5, 0.6) is 11.5 Å². The molecule has 0 N–H and O–H groups in total. The lowest BCUT2D eigenvalue weighted by Crippen LogP contribution is -2.45. The minimum atomic E-state index is 0.442. The maximum Gasteiger partial charge on any atom is 0.247 e. The number of amides is 1. The van der Waals surface area contributed by atoms with Crippen molar-refractivity contribution in [2.24, 2.45) is 0 Å². The summed E-state index contributed by atoms with van der Waals surface area (Å²) in [6, 6.07) is 5.46. The van der Waals surface area contributed by atoms with Crippen LogP contribution in [-0.2, 0) is 11.3 Å². The molecule has 1 aliphatic rings. The minimum absolute atomic E-state index is 0.442. The Morgan fingerprint density at radius 2 is 1.88 bits per heavy atom. The number of nitrogens with zero attached hydrogens (tertiary/aromatic N) is 4. The van der Waals surface area contributed by atoms with Crippen LogP contribution in [-0.4, -0.2) is 66.8 Å². The van der Waals surface area contributed by atoms with Gasteiger partial charge in [0.25, 0.3) is 0 Å². The molecule has 0 aliphatic carbocycles. The van der Waals surface area contributed by atoms with Crippen LogP contribution < -0.4 is 9.47 Å². The summed E-state index contributed by atoms with van der Waals surface area (Å²) < 4.78 is 16.3. The third-order valence-electron chi connectivity index (χ3n) is 4.01. The molecule has 1 aromatic heterocycles. The molecule has 8 heteroatoms. The molecule has 0 saturated carbocycles. The van der Waals surface area contributed by atoms with Gasteiger partial charge in [0.05, 0.1) is 20.8 Å². The molecule has 8 nitrogen and oxygen atoms in total. The number of benzene rings is 1. The van der Waals surface area contributed by atoms with Crippen molar-refractivity contribution in [1.29, 1.82) is 0 Å². The second-order valence-electron chi connectivity index (χ2n) is 5.49. The first-order chi connectivity index (χ1) is 11.7. The van der Waals surface area contributed by atoms with E-state index in [1.807, 2.05) is 6.07 Å². The van der Waals surface area contributed by atoms with Crippen LogP contribution in [0.25, 0.3) is 11.5 Å². The fourth-order valence-corrected chi connectivity index (χ4v) is 2.62. The van der Waals surface area contributed by atoms with Crippen LogP contribution >= 0.6 is 0 Å². The SMILES string of the molecule is COc1ccc(-c2nnc(CN3CCN(C=O)CC3)o2)cc1OC. The van der Waals surface area contributed by atoms with Crippen molar-refractivity contribution in [3.8, 4) is 23.0 Å². The van der Waals surface area contributed by atoms with E-state index < -0.39 is 0 Å². The third-order valence-corrected chi connectivity index (χ3v) is 4.01. The van der Waals surface area contributed by atoms with Gasteiger partial charge in [-0.2, -0.15) is 0 Å². The van der Waals surface area contributed by atoms with Crippen LogP contribution in [0.1, 0.15) is 5.89 Å². The molecule has 0 radical (unpaired) electrons. The van der Waals surface area contributed by atoms with Gasteiger partial charge in [0.2, 0.25) is 18.2 Å². The molecule has 1 aromatic carbocycles. The normalized spacial score (nSPS) is 15.3. The zero-order valence-electron chi connectivity index (χ0n) is 13.8. The fraction of sp³-hybridized carbons (Fsp3) is 0.438. The van der Waals surface area contributed by atoms with Crippen molar-refractivity contribution in [2.75, 3.05) is 40.4 Å². The second kappa shape index (κ2) is 7.31. The number of carbonyl (C=O) groups is 1. The number of hydrogen-bond acceptors (Lipinski definition) is 7. The van der Waals surface area contributed by atoms with E-state index in [1.54, 1.807) is 31.3 Å². The Kier molecular flexibility index (Phi) is 4.95. The summed E-state index contributed by atoms with van der Waals surface area (Å²) >= 11 is 0. The Hall–Kier alpha value is -2.61. The first kappa shape index (κ1) is 16.3. The molecule has 1 fully saturated rings. The molecule has 128 valence electrons. The highest BCUT2D eigenvalue weighted by molar-refractivity contribution is 5.59. The molecule has 24 heavy (non-hydrogen) atoms. The van der Waals surface area contributed by atoms with E-state index >= 15 is 0 Å². The summed E-state index contributed by atoms with van der Waals surface area (Å²) in [5.74, 6) is 2.26. The van der Waals surface area contributed by atoms with E-state index in [2.05, 4.69) is 15.1 Å². The first-order valence-electron chi connectivity index (χ1n) is 7.70. The van der Waals surface area contributed by atoms with Gasteiger partial charge in [-0.3, -0.25) is 9.69 Å². The number of ether oxygens (including phenoxy) is 2. The Morgan fingerprint density at radius 1 is 1.12 bits per heavy atom. The van der Waals surface area contributed by atoms with Crippen LogP contribution in [0.4, 0.5) is 0 Å². The lowest BCUT2D eigenvalue weighted by Gasteiger charge is -2.31. The molecule has 0 spiro atoms. The Labute approximate surface area is 140 Å². The van der Waals surface area contributed by atoms with Crippen molar-refractivity contribution < 1.29 is 18.7 Å². The van der Waals surface area contributed by atoms with E-state index in [9.17, 15) is 4.79 Å². The molecule has 1 aliphatic heterocycles.